The van der Waals surface area contributed by atoms with Gasteiger partial charge in [-0.15, -0.1) is 0 Å². The van der Waals surface area contributed by atoms with Crippen molar-refractivity contribution < 1.29 is 4.79 Å². The zero-order valence-electron chi connectivity index (χ0n) is 15.4. The topological polar surface area (TPSA) is 113 Å². The van der Waals surface area contributed by atoms with Crippen LogP contribution in [0, 0.1) is 17.9 Å². The lowest BCUT2D eigenvalue weighted by atomic mass is 10.0. The minimum atomic E-state index is -0.684. The fourth-order valence-electron chi connectivity index (χ4n) is 3.19. The van der Waals surface area contributed by atoms with Crippen LogP contribution in [0.5, 0.6) is 0 Å². The summed E-state index contributed by atoms with van der Waals surface area (Å²) >= 11 is 1.15. The molecule has 1 aromatic carbocycles. The first-order valence-corrected chi connectivity index (χ1v) is 9.73. The second kappa shape index (κ2) is 8.30. The lowest BCUT2D eigenvalue weighted by molar-refractivity contribution is -0.117. The maximum absolute atomic E-state index is 12.1. The molecule has 1 fully saturated rings. The Bertz CT molecular complexity index is 973. The zero-order valence-corrected chi connectivity index (χ0v) is 16.2. The van der Waals surface area contributed by atoms with Crippen LogP contribution in [0.2, 0.25) is 0 Å². The molecule has 1 aliphatic heterocycles. The molecule has 4 N–H and O–H groups in total. The maximum Gasteiger partial charge on any atom is 0.235 e. The smallest absolute Gasteiger partial charge is 0.235 e. The van der Waals surface area contributed by atoms with Gasteiger partial charge in [-0.2, -0.15) is 5.26 Å². The summed E-state index contributed by atoms with van der Waals surface area (Å²) in [5.74, 6) is 0.00745. The lowest BCUT2D eigenvalue weighted by Gasteiger charge is -2.39. The predicted molar refractivity (Wildman–Crippen MR) is 109 cm³/mol. The lowest BCUT2D eigenvalue weighted by Crippen LogP contribution is -2.56. The van der Waals surface area contributed by atoms with Crippen LogP contribution in [0.15, 0.2) is 35.4 Å². The van der Waals surface area contributed by atoms with Gasteiger partial charge in [-0.25, -0.2) is 9.83 Å². The molecule has 0 spiro atoms. The van der Waals surface area contributed by atoms with E-state index in [1.807, 2.05) is 42.2 Å². The highest BCUT2D eigenvalue weighted by atomic mass is 32.2. The van der Waals surface area contributed by atoms with E-state index in [0.29, 0.717) is 47.2 Å². The number of nitriles is 1. The Hall–Kier alpha value is -3.07. The van der Waals surface area contributed by atoms with Gasteiger partial charge in [-0.05, 0) is 17.5 Å². The molecule has 1 aliphatic rings. The summed E-state index contributed by atoms with van der Waals surface area (Å²) in [6, 6.07) is 11.4. The molecule has 0 saturated carbocycles. The van der Waals surface area contributed by atoms with Gasteiger partial charge in [-0.1, -0.05) is 49.0 Å². The minimum absolute atomic E-state index is 0.0416. The molecule has 1 amide bonds. The fraction of sp³-hybridized carbons (Fsp3) is 0.300. The number of thioether (sulfide) groups is 1. The van der Waals surface area contributed by atoms with E-state index in [0.717, 1.165) is 17.3 Å². The summed E-state index contributed by atoms with van der Waals surface area (Å²) in [5, 5.41) is 9.49. The quantitative estimate of drug-likeness (QED) is 0.577. The molecule has 2 aromatic rings. The van der Waals surface area contributed by atoms with Crippen LogP contribution in [0.3, 0.4) is 0 Å². The number of hydrogen-bond donors (Lipinski definition) is 2. The number of nitrogens with zero attached hydrogens (tertiary/aromatic N) is 4. The number of carbonyl (C=O) groups is 1. The number of hydrogen-bond acceptors (Lipinski definition) is 6. The molecule has 0 radical (unpaired) electrons. The highest BCUT2D eigenvalue weighted by Crippen LogP contribution is 2.43. The van der Waals surface area contributed by atoms with Crippen LogP contribution >= 0.6 is 11.8 Å². The molecule has 7 nitrogen and oxygen atoms in total. The molecule has 0 bridgehead atoms. The first-order valence-electron chi connectivity index (χ1n) is 8.86. The van der Waals surface area contributed by atoms with E-state index in [-0.39, 0.29) is 6.04 Å². The van der Waals surface area contributed by atoms with Gasteiger partial charge in [0.25, 0.3) is 0 Å². The number of nitrogens with two attached hydrogens (primary N) is 2. The van der Waals surface area contributed by atoms with Crippen molar-refractivity contribution >= 4 is 29.2 Å². The van der Waals surface area contributed by atoms with Crippen LogP contribution in [0.4, 0.5) is 11.5 Å². The Morgan fingerprint density at radius 3 is 2.64 bits per heavy atom. The van der Waals surface area contributed by atoms with Crippen LogP contribution in [0.1, 0.15) is 28.9 Å². The molecule has 1 atom stereocenters. The Morgan fingerprint density at radius 2 is 2.14 bits per heavy atom. The number of benzene rings is 1. The molecule has 1 aromatic heterocycles. The van der Waals surface area contributed by atoms with Crippen molar-refractivity contribution in [3.8, 4) is 6.07 Å². The summed E-state index contributed by atoms with van der Waals surface area (Å²) in [6.07, 6.45) is 0.510. The minimum Gasteiger partial charge on any atom is -0.368 e. The summed E-state index contributed by atoms with van der Waals surface area (Å²) in [5.41, 5.74) is 13.6. The second-order valence-corrected chi connectivity index (χ2v) is 7.59. The summed E-state index contributed by atoms with van der Waals surface area (Å²) < 4.78 is 0. The highest BCUT2D eigenvalue weighted by molar-refractivity contribution is 8.00. The number of carbonyl (C=O) groups excluding carboxylic acids is 1. The Balaban J connectivity index is 2.11. The van der Waals surface area contributed by atoms with Gasteiger partial charge in [0.15, 0.2) is 0 Å². The molecule has 28 heavy (non-hydrogen) atoms. The van der Waals surface area contributed by atoms with Crippen molar-refractivity contribution in [1.82, 2.24) is 4.98 Å². The number of anilines is 1. The number of amides is 1. The molecular formula is C20H20N6OS. The fourth-order valence-corrected chi connectivity index (χ4v) is 4.24. The Labute approximate surface area is 168 Å². The van der Waals surface area contributed by atoms with Gasteiger partial charge in [0.2, 0.25) is 11.6 Å². The van der Waals surface area contributed by atoms with Crippen LogP contribution < -0.4 is 16.4 Å². The van der Waals surface area contributed by atoms with Gasteiger partial charge < -0.3 is 16.4 Å². The third kappa shape index (κ3) is 3.65. The normalized spacial score (nSPS) is 14.6. The average molecular weight is 392 g/mol. The third-order valence-electron chi connectivity index (χ3n) is 4.60. The summed E-state index contributed by atoms with van der Waals surface area (Å²) in [7, 11) is 0. The Morgan fingerprint density at radius 1 is 1.46 bits per heavy atom. The van der Waals surface area contributed by atoms with E-state index >= 15 is 0 Å². The number of aromatic nitrogens is 1. The summed E-state index contributed by atoms with van der Waals surface area (Å²) in [4.78, 5) is 22.3. The van der Waals surface area contributed by atoms with Gasteiger partial charge in [0.05, 0.1) is 12.1 Å². The first-order chi connectivity index (χ1) is 13.5. The van der Waals surface area contributed by atoms with E-state index in [4.69, 9.17) is 18.0 Å². The second-order valence-electron chi connectivity index (χ2n) is 6.50. The third-order valence-corrected chi connectivity index (χ3v) is 5.86. The number of primary amides is 1. The van der Waals surface area contributed by atoms with Crippen LogP contribution in [0.25, 0.3) is 4.85 Å². The molecule has 3 rings (SSSR count). The van der Waals surface area contributed by atoms with Crippen molar-refractivity contribution in [2.24, 2.45) is 11.5 Å². The Kier molecular flexibility index (Phi) is 5.84. The predicted octanol–water partition coefficient (Wildman–Crippen LogP) is 2.53. The number of rotatable bonds is 6. The van der Waals surface area contributed by atoms with E-state index in [1.165, 1.54) is 0 Å². The van der Waals surface area contributed by atoms with Crippen LogP contribution in [-0.2, 0) is 11.2 Å². The zero-order chi connectivity index (χ0) is 20.3. The van der Waals surface area contributed by atoms with E-state index in [1.54, 1.807) is 0 Å². The van der Waals surface area contributed by atoms with Gasteiger partial charge in [0.1, 0.15) is 22.2 Å². The average Bonchev–Trinajstić information content (AvgIpc) is 2.68. The van der Waals surface area contributed by atoms with Gasteiger partial charge >= 0.3 is 0 Å². The molecular weight excluding hydrogens is 372 g/mol. The summed E-state index contributed by atoms with van der Waals surface area (Å²) in [6.45, 7) is 10.7. The molecule has 1 unspecified atom stereocenters. The van der Waals surface area contributed by atoms with Gasteiger partial charge in [-0.3, -0.25) is 4.79 Å². The highest BCUT2D eigenvalue weighted by Gasteiger charge is 2.31. The first kappa shape index (κ1) is 19.7. The van der Waals surface area contributed by atoms with E-state index in [9.17, 15) is 10.1 Å². The SMILES string of the molecule is [C-]#[N+]c1c(N2CC(N)C2)nc(SC(C(N)=O)c2ccccc2)c(C#N)c1CC. The van der Waals surface area contributed by atoms with Crippen molar-refractivity contribution in [1.29, 1.82) is 5.26 Å². The van der Waals surface area contributed by atoms with Crippen molar-refractivity contribution in [3.05, 3.63) is 58.4 Å². The standard InChI is InChI=1S/C20H20N6OS/c1-3-14-15(9-21)20(25-19(16(14)24-2)26-10-13(22)11-26)28-17(18(23)27)12-7-5-4-6-8-12/h4-8,13,17H,3,10-11,22H2,1H3,(H2,23,27). The van der Waals surface area contributed by atoms with Gasteiger partial charge in [0, 0.05) is 19.1 Å². The molecule has 0 aliphatic carbocycles. The monoisotopic (exact) mass is 392 g/mol. The van der Waals surface area contributed by atoms with E-state index < -0.39 is 11.2 Å². The number of pyridine rings is 1. The molecule has 142 valence electrons. The van der Waals surface area contributed by atoms with Crippen LogP contribution in [-0.4, -0.2) is 30.0 Å². The molecule has 8 heteroatoms. The molecule has 2 heterocycles. The van der Waals surface area contributed by atoms with E-state index in [2.05, 4.69) is 15.9 Å². The van der Waals surface area contributed by atoms with Crippen molar-refractivity contribution in [2.75, 3.05) is 18.0 Å². The van der Waals surface area contributed by atoms with Crippen molar-refractivity contribution in [3.63, 3.8) is 0 Å². The maximum atomic E-state index is 12.1. The van der Waals surface area contributed by atoms with Crippen molar-refractivity contribution in [2.45, 2.75) is 29.7 Å². The largest absolute Gasteiger partial charge is 0.368 e. The molecule has 1 saturated heterocycles.